The molecule has 1 aliphatic carbocycles. The lowest BCUT2D eigenvalue weighted by Gasteiger charge is -2.40. The molecule has 2 rings (SSSR count). The fourth-order valence-corrected chi connectivity index (χ4v) is 3.17. The average Bonchev–Trinajstić information content (AvgIpc) is 2.61. The van der Waals surface area contributed by atoms with Crippen LogP contribution in [0.3, 0.4) is 0 Å². The van der Waals surface area contributed by atoms with Crippen molar-refractivity contribution in [1.29, 1.82) is 0 Å². The molecule has 1 aliphatic rings. The summed E-state index contributed by atoms with van der Waals surface area (Å²) in [6, 6.07) is 0. The summed E-state index contributed by atoms with van der Waals surface area (Å²) in [5.74, 6) is 0. The molecule has 0 aromatic carbocycles. The Morgan fingerprint density at radius 3 is 2.33 bits per heavy atom. The highest BCUT2D eigenvalue weighted by Crippen LogP contribution is 2.40. The van der Waals surface area contributed by atoms with Gasteiger partial charge in [-0.05, 0) is 44.9 Å². The standard InChI is InChI=1S/C14H24N2OS/c1-10-11(2)18-12(16-10)15-9-14(17)7-5-13(3,4)6-8-14/h17H,5-9H2,1-4H3,(H,15,16). The van der Waals surface area contributed by atoms with Crippen LogP contribution in [0.4, 0.5) is 5.13 Å². The Bertz CT molecular complexity index is 396. The van der Waals surface area contributed by atoms with Gasteiger partial charge in [-0.25, -0.2) is 4.98 Å². The first-order valence-electron chi connectivity index (χ1n) is 6.70. The summed E-state index contributed by atoms with van der Waals surface area (Å²) in [5.41, 5.74) is 0.920. The Hall–Kier alpha value is -0.610. The quantitative estimate of drug-likeness (QED) is 0.882. The van der Waals surface area contributed by atoms with E-state index in [0.717, 1.165) is 36.5 Å². The van der Waals surface area contributed by atoms with Gasteiger partial charge in [0.1, 0.15) is 0 Å². The second-order valence-electron chi connectivity index (χ2n) is 6.40. The zero-order valence-electron chi connectivity index (χ0n) is 11.8. The van der Waals surface area contributed by atoms with E-state index in [1.807, 2.05) is 6.92 Å². The molecule has 0 unspecified atom stereocenters. The number of aryl methyl sites for hydroxylation is 2. The fraction of sp³-hybridized carbons (Fsp3) is 0.786. The number of nitrogens with zero attached hydrogens (tertiary/aromatic N) is 1. The van der Waals surface area contributed by atoms with Crippen LogP contribution in [-0.2, 0) is 0 Å². The Kier molecular flexibility index (Phi) is 3.70. The first-order chi connectivity index (χ1) is 8.30. The van der Waals surface area contributed by atoms with E-state index in [9.17, 15) is 5.11 Å². The van der Waals surface area contributed by atoms with Gasteiger partial charge in [0.25, 0.3) is 0 Å². The van der Waals surface area contributed by atoms with Crippen molar-refractivity contribution >= 4 is 16.5 Å². The Labute approximate surface area is 114 Å². The van der Waals surface area contributed by atoms with E-state index in [-0.39, 0.29) is 0 Å². The highest BCUT2D eigenvalue weighted by atomic mass is 32.1. The smallest absolute Gasteiger partial charge is 0.183 e. The van der Waals surface area contributed by atoms with E-state index >= 15 is 0 Å². The van der Waals surface area contributed by atoms with Crippen molar-refractivity contribution < 1.29 is 5.11 Å². The van der Waals surface area contributed by atoms with E-state index in [1.54, 1.807) is 11.3 Å². The number of thiazole rings is 1. The molecule has 4 heteroatoms. The zero-order chi connectivity index (χ0) is 13.4. The number of nitrogens with one attached hydrogen (secondary N) is 1. The van der Waals surface area contributed by atoms with Crippen LogP contribution in [0.15, 0.2) is 0 Å². The molecule has 0 radical (unpaired) electrons. The lowest BCUT2D eigenvalue weighted by atomic mass is 9.71. The molecular formula is C14H24N2OS. The van der Waals surface area contributed by atoms with Crippen molar-refractivity contribution in [2.45, 2.75) is 59.0 Å². The second kappa shape index (κ2) is 4.82. The molecule has 102 valence electrons. The van der Waals surface area contributed by atoms with Crippen LogP contribution in [0.25, 0.3) is 0 Å². The number of anilines is 1. The largest absolute Gasteiger partial charge is 0.388 e. The third kappa shape index (κ3) is 3.23. The van der Waals surface area contributed by atoms with Gasteiger partial charge in [-0.1, -0.05) is 13.8 Å². The summed E-state index contributed by atoms with van der Waals surface area (Å²) >= 11 is 1.67. The van der Waals surface area contributed by atoms with Gasteiger partial charge in [0, 0.05) is 11.4 Å². The van der Waals surface area contributed by atoms with Gasteiger partial charge >= 0.3 is 0 Å². The van der Waals surface area contributed by atoms with Crippen molar-refractivity contribution in [1.82, 2.24) is 4.98 Å². The van der Waals surface area contributed by atoms with Crippen LogP contribution in [0.1, 0.15) is 50.1 Å². The zero-order valence-corrected chi connectivity index (χ0v) is 12.7. The SMILES string of the molecule is Cc1nc(NCC2(O)CCC(C)(C)CC2)sc1C. The molecule has 0 amide bonds. The normalized spacial score (nSPS) is 21.8. The minimum Gasteiger partial charge on any atom is -0.388 e. The highest BCUT2D eigenvalue weighted by Gasteiger charge is 2.36. The first-order valence-corrected chi connectivity index (χ1v) is 7.52. The van der Waals surface area contributed by atoms with Crippen molar-refractivity contribution in [3.8, 4) is 0 Å². The summed E-state index contributed by atoms with van der Waals surface area (Å²) in [5, 5.41) is 14.8. The molecular weight excluding hydrogens is 244 g/mol. The van der Waals surface area contributed by atoms with Gasteiger partial charge in [0.05, 0.1) is 11.3 Å². The molecule has 0 atom stereocenters. The predicted octanol–water partition coefficient (Wildman–Crippen LogP) is 3.50. The van der Waals surface area contributed by atoms with Crippen molar-refractivity contribution in [3.05, 3.63) is 10.6 Å². The third-order valence-electron chi connectivity index (χ3n) is 4.13. The Morgan fingerprint density at radius 2 is 1.83 bits per heavy atom. The molecule has 0 saturated heterocycles. The molecule has 1 fully saturated rings. The molecule has 1 aromatic rings. The number of aromatic nitrogens is 1. The van der Waals surface area contributed by atoms with Crippen molar-refractivity contribution in [2.24, 2.45) is 5.41 Å². The highest BCUT2D eigenvalue weighted by molar-refractivity contribution is 7.15. The summed E-state index contributed by atoms with van der Waals surface area (Å²) in [6.07, 6.45) is 3.97. The molecule has 18 heavy (non-hydrogen) atoms. The van der Waals surface area contributed by atoms with Gasteiger partial charge in [-0.15, -0.1) is 11.3 Å². The molecule has 3 nitrogen and oxygen atoms in total. The molecule has 0 aliphatic heterocycles. The monoisotopic (exact) mass is 268 g/mol. The summed E-state index contributed by atoms with van der Waals surface area (Å²) in [6.45, 7) is 9.29. The van der Waals surface area contributed by atoms with E-state index < -0.39 is 5.60 Å². The van der Waals surface area contributed by atoms with Gasteiger partial charge in [0.2, 0.25) is 0 Å². The Morgan fingerprint density at radius 1 is 1.22 bits per heavy atom. The topological polar surface area (TPSA) is 45.2 Å². The molecule has 0 spiro atoms. The number of aliphatic hydroxyl groups is 1. The number of hydrogen-bond acceptors (Lipinski definition) is 4. The van der Waals surface area contributed by atoms with E-state index in [1.165, 1.54) is 4.88 Å². The van der Waals surface area contributed by atoms with E-state index in [4.69, 9.17) is 0 Å². The number of rotatable bonds is 3. The lowest BCUT2D eigenvalue weighted by Crippen LogP contribution is -2.42. The van der Waals surface area contributed by atoms with Crippen molar-refractivity contribution in [3.63, 3.8) is 0 Å². The molecule has 1 aromatic heterocycles. The molecule has 0 bridgehead atoms. The van der Waals surface area contributed by atoms with Crippen LogP contribution >= 0.6 is 11.3 Å². The van der Waals surface area contributed by atoms with Crippen LogP contribution in [-0.4, -0.2) is 22.2 Å². The Balaban J connectivity index is 1.90. The van der Waals surface area contributed by atoms with Crippen LogP contribution in [0.2, 0.25) is 0 Å². The summed E-state index contributed by atoms with van der Waals surface area (Å²) < 4.78 is 0. The maximum Gasteiger partial charge on any atom is 0.183 e. The number of hydrogen-bond donors (Lipinski definition) is 2. The third-order valence-corrected chi connectivity index (χ3v) is 5.16. The lowest BCUT2D eigenvalue weighted by molar-refractivity contribution is -0.0145. The molecule has 2 N–H and O–H groups in total. The van der Waals surface area contributed by atoms with Gasteiger partial charge < -0.3 is 10.4 Å². The summed E-state index contributed by atoms with van der Waals surface area (Å²) in [4.78, 5) is 5.70. The predicted molar refractivity (Wildman–Crippen MR) is 77.3 cm³/mol. The van der Waals surface area contributed by atoms with Gasteiger partial charge in [-0.3, -0.25) is 0 Å². The average molecular weight is 268 g/mol. The van der Waals surface area contributed by atoms with Crippen LogP contribution in [0, 0.1) is 19.3 Å². The van der Waals surface area contributed by atoms with Crippen molar-refractivity contribution in [2.75, 3.05) is 11.9 Å². The fourth-order valence-electron chi connectivity index (χ4n) is 2.36. The maximum atomic E-state index is 10.6. The van der Waals surface area contributed by atoms with Crippen LogP contribution < -0.4 is 5.32 Å². The van der Waals surface area contributed by atoms with Gasteiger partial charge in [-0.2, -0.15) is 0 Å². The second-order valence-corrected chi connectivity index (χ2v) is 7.61. The minimum absolute atomic E-state index is 0.389. The summed E-state index contributed by atoms with van der Waals surface area (Å²) in [7, 11) is 0. The van der Waals surface area contributed by atoms with Crippen LogP contribution in [0.5, 0.6) is 0 Å². The minimum atomic E-state index is -0.553. The molecule has 1 saturated carbocycles. The maximum absolute atomic E-state index is 10.6. The first kappa shape index (κ1) is 13.8. The van der Waals surface area contributed by atoms with E-state index in [0.29, 0.717) is 12.0 Å². The van der Waals surface area contributed by atoms with Gasteiger partial charge in [0.15, 0.2) is 5.13 Å². The molecule has 1 heterocycles. The van der Waals surface area contributed by atoms with E-state index in [2.05, 4.69) is 31.1 Å².